The van der Waals surface area contributed by atoms with Crippen molar-refractivity contribution in [2.45, 2.75) is 13.5 Å². The van der Waals surface area contributed by atoms with Crippen LogP contribution in [-0.4, -0.2) is 35.2 Å². The van der Waals surface area contributed by atoms with E-state index in [1.807, 2.05) is 0 Å². The van der Waals surface area contributed by atoms with Crippen LogP contribution in [0.3, 0.4) is 0 Å². The number of imide groups is 1. The summed E-state index contributed by atoms with van der Waals surface area (Å²) in [6.07, 6.45) is 1.58. The zero-order valence-corrected chi connectivity index (χ0v) is 20.1. The highest BCUT2D eigenvalue weighted by Crippen LogP contribution is 2.34. The second-order valence-corrected chi connectivity index (χ2v) is 8.98. The molecule has 2 aromatic carbocycles. The van der Waals surface area contributed by atoms with Gasteiger partial charge in [0.1, 0.15) is 18.9 Å². The molecule has 10 heteroatoms. The van der Waals surface area contributed by atoms with Crippen LogP contribution in [0, 0.1) is 0 Å². The van der Waals surface area contributed by atoms with Crippen molar-refractivity contribution in [3.05, 3.63) is 66.9 Å². The van der Waals surface area contributed by atoms with Gasteiger partial charge in [-0.3, -0.25) is 19.3 Å². The van der Waals surface area contributed by atoms with Crippen LogP contribution in [0.5, 0.6) is 5.75 Å². The number of ether oxygens (including phenoxy) is 2. The Hall–Kier alpha value is -2.00. The highest BCUT2D eigenvalue weighted by atomic mass is 79.9. The number of halogens is 3. The van der Waals surface area contributed by atoms with Gasteiger partial charge in [0.15, 0.2) is 0 Å². The van der Waals surface area contributed by atoms with E-state index in [2.05, 4.69) is 15.9 Å². The van der Waals surface area contributed by atoms with Crippen LogP contribution in [-0.2, 0) is 20.9 Å². The topological polar surface area (TPSA) is 72.9 Å². The molecule has 2 aromatic rings. The third-order valence-electron chi connectivity index (χ3n) is 4.12. The number of nitrogens with zero attached hydrogens (tertiary/aromatic N) is 1. The molecule has 1 aliphatic rings. The van der Waals surface area contributed by atoms with E-state index in [1.165, 1.54) is 0 Å². The number of rotatable bonds is 7. The summed E-state index contributed by atoms with van der Waals surface area (Å²) >= 11 is 16.3. The molecule has 0 aliphatic carbocycles. The minimum absolute atomic E-state index is 0.178. The van der Waals surface area contributed by atoms with Gasteiger partial charge in [-0.25, -0.2) is 0 Å². The van der Waals surface area contributed by atoms with Gasteiger partial charge in [0, 0.05) is 15.6 Å². The molecular weight excluding hydrogens is 529 g/mol. The van der Waals surface area contributed by atoms with Crippen molar-refractivity contribution in [3.8, 4) is 5.75 Å². The van der Waals surface area contributed by atoms with Crippen molar-refractivity contribution in [2.24, 2.45) is 0 Å². The Kier molecular flexibility index (Phi) is 8.05. The van der Waals surface area contributed by atoms with Crippen LogP contribution in [0.2, 0.25) is 10.0 Å². The van der Waals surface area contributed by atoms with Crippen LogP contribution in [0.15, 0.2) is 45.8 Å². The van der Waals surface area contributed by atoms with E-state index in [9.17, 15) is 14.4 Å². The molecule has 0 radical (unpaired) electrons. The summed E-state index contributed by atoms with van der Waals surface area (Å²) in [5.41, 5.74) is 1.47. The summed E-state index contributed by atoms with van der Waals surface area (Å²) in [4.78, 5) is 37.3. The van der Waals surface area contributed by atoms with Crippen LogP contribution >= 0.6 is 50.9 Å². The Morgan fingerprint density at radius 3 is 2.65 bits per heavy atom. The zero-order chi connectivity index (χ0) is 22.5. The Morgan fingerprint density at radius 1 is 1.19 bits per heavy atom. The molecule has 2 amide bonds. The quantitative estimate of drug-likeness (QED) is 0.317. The van der Waals surface area contributed by atoms with Crippen molar-refractivity contribution in [1.29, 1.82) is 0 Å². The second-order valence-electron chi connectivity index (χ2n) is 6.29. The van der Waals surface area contributed by atoms with E-state index in [-0.39, 0.29) is 18.1 Å². The van der Waals surface area contributed by atoms with Gasteiger partial charge in [0.25, 0.3) is 11.1 Å². The number of thioether (sulfide) groups is 1. The average Bonchev–Trinajstić information content (AvgIpc) is 2.96. The van der Waals surface area contributed by atoms with Gasteiger partial charge in [-0.1, -0.05) is 35.3 Å². The molecule has 1 heterocycles. The minimum Gasteiger partial charge on any atom is -0.488 e. The molecule has 0 atom stereocenters. The Balaban J connectivity index is 1.69. The van der Waals surface area contributed by atoms with Gasteiger partial charge in [-0.15, -0.1) is 0 Å². The van der Waals surface area contributed by atoms with Crippen LogP contribution in [0.1, 0.15) is 18.1 Å². The fourth-order valence-corrected chi connectivity index (χ4v) is 4.45. The van der Waals surface area contributed by atoms with E-state index in [0.29, 0.717) is 25.8 Å². The Bertz CT molecular complexity index is 1080. The van der Waals surface area contributed by atoms with Gasteiger partial charge >= 0.3 is 5.97 Å². The zero-order valence-electron chi connectivity index (χ0n) is 16.2. The lowest BCUT2D eigenvalue weighted by atomic mass is 10.2. The lowest BCUT2D eigenvalue weighted by Gasteiger charge is -2.11. The lowest BCUT2D eigenvalue weighted by molar-refractivity contribution is -0.145. The van der Waals surface area contributed by atoms with E-state index in [1.54, 1.807) is 49.4 Å². The van der Waals surface area contributed by atoms with Gasteiger partial charge in [0.05, 0.1) is 16.0 Å². The van der Waals surface area contributed by atoms with E-state index in [4.69, 9.17) is 32.7 Å². The molecule has 1 fully saturated rings. The molecule has 162 valence electrons. The fourth-order valence-electron chi connectivity index (χ4n) is 2.64. The summed E-state index contributed by atoms with van der Waals surface area (Å²) in [6.45, 7) is 1.68. The van der Waals surface area contributed by atoms with Crippen LogP contribution < -0.4 is 4.74 Å². The predicted molar refractivity (Wildman–Crippen MR) is 124 cm³/mol. The highest BCUT2D eigenvalue weighted by molar-refractivity contribution is 9.10. The summed E-state index contributed by atoms with van der Waals surface area (Å²) in [5, 5.41) is 0.549. The van der Waals surface area contributed by atoms with Crippen molar-refractivity contribution in [3.63, 3.8) is 0 Å². The maximum Gasteiger partial charge on any atom is 0.326 e. The van der Waals surface area contributed by atoms with E-state index < -0.39 is 23.7 Å². The Labute approximate surface area is 201 Å². The molecule has 6 nitrogen and oxygen atoms in total. The summed E-state index contributed by atoms with van der Waals surface area (Å²) in [5.74, 6) is -0.577. The molecule has 1 saturated heterocycles. The molecular formula is C21H16BrCl2NO5S. The summed E-state index contributed by atoms with van der Waals surface area (Å²) in [6, 6.07) is 10.4. The lowest BCUT2D eigenvalue weighted by Crippen LogP contribution is -2.34. The number of hydrogen-bond donors (Lipinski definition) is 0. The maximum atomic E-state index is 12.5. The van der Waals surface area contributed by atoms with E-state index in [0.717, 1.165) is 22.2 Å². The van der Waals surface area contributed by atoms with Gasteiger partial charge in [-0.05, 0) is 70.5 Å². The average molecular weight is 545 g/mol. The van der Waals surface area contributed by atoms with Crippen molar-refractivity contribution in [1.82, 2.24) is 4.90 Å². The summed E-state index contributed by atoms with van der Waals surface area (Å²) in [7, 11) is 0. The van der Waals surface area contributed by atoms with Crippen molar-refractivity contribution < 1.29 is 23.9 Å². The van der Waals surface area contributed by atoms with Gasteiger partial charge in [-0.2, -0.15) is 0 Å². The van der Waals surface area contributed by atoms with Crippen LogP contribution in [0.25, 0.3) is 6.08 Å². The maximum absolute atomic E-state index is 12.5. The first kappa shape index (κ1) is 23.7. The van der Waals surface area contributed by atoms with Crippen molar-refractivity contribution >= 4 is 74.1 Å². The molecule has 0 unspecified atom stereocenters. The number of benzene rings is 2. The molecule has 0 bridgehead atoms. The molecule has 3 rings (SSSR count). The summed E-state index contributed by atoms with van der Waals surface area (Å²) < 4.78 is 11.3. The first-order chi connectivity index (χ1) is 14.8. The molecule has 0 saturated carbocycles. The largest absolute Gasteiger partial charge is 0.488 e. The third-order valence-corrected chi connectivity index (χ3v) is 6.23. The van der Waals surface area contributed by atoms with Crippen molar-refractivity contribution in [2.75, 3.05) is 13.2 Å². The van der Waals surface area contributed by atoms with E-state index >= 15 is 0 Å². The van der Waals surface area contributed by atoms with Crippen LogP contribution in [0.4, 0.5) is 4.79 Å². The number of carbonyl (C=O) groups is 3. The molecule has 1 aliphatic heterocycles. The standard InChI is InChI=1S/C21H16BrCl2NO5S/c1-2-29-19(26)10-25-20(27)18(31-21(25)28)8-12-3-6-17(15(22)7-12)30-11-13-4-5-14(23)9-16(13)24/h3-9H,2,10-11H2,1H3/b18-8+. The third kappa shape index (κ3) is 6.04. The highest BCUT2D eigenvalue weighted by Gasteiger charge is 2.36. The molecule has 31 heavy (non-hydrogen) atoms. The first-order valence-corrected chi connectivity index (χ1v) is 11.4. The Morgan fingerprint density at radius 2 is 1.97 bits per heavy atom. The fraction of sp³-hybridized carbons (Fsp3) is 0.190. The number of carbonyl (C=O) groups excluding carboxylic acids is 3. The number of hydrogen-bond acceptors (Lipinski definition) is 6. The molecule has 0 aromatic heterocycles. The predicted octanol–water partition coefficient (Wildman–Crippen LogP) is 5.93. The second kappa shape index (κ2) is 10.5. The first-order valence-electron chi connectivity index (χ1n) is 9.05. The molecule has 0 N–H and O–H groups in total. The smallest absolute Gasteiger partial charge is 0.326 e. The minimum atomic E-state index is -0.629. The SMILES string of the molecule is CCOC(=O)CN1C(=O)S/C(=C/c2ccc(OCc3ccc(Cl)cc3Cl)c(Br)c2)C1=O. The molecule has 0 spiro atoms. The number of esters is 1. The normalized spacial score (nSPS) is 15.0. The monoisotopic (exact) mass is 543 g/mol. The van der Waals surface area contributed by atoms with Gasteiger partial charge in [0.2, 0.25) is 0 Å². The van der Waals surface area contributed by atoms with Gasteiger partial charge < -0.3 is 9.47 Å². The number of amides is 2.